The second kappa shape index (κ2) is 5.69. The third kappa shape index (κ3) is 3.69. The molecule has 0 bridgehead atoms. The van der Waals surface area contributed by atoms with Crippen molar-refractivity contribution in [2.75, 3.05) is 6.54 Å². The summed E-state index contributed by atoms with van der Waals surface area (Å²) in [6.45, 7) is 0.0108. The fourth-order valence-corrected chi connectivity index (χ4v) is 2.77. The van der Waals surface area contributed by atoms with Crippen molar-refractivity contribution in [3.05, 3.63) is 41.8 Å². The van der Waals surface area contributed by atoms with Gasteiger partial charge >= 0.3 is 5.97 Å². The van der Waals surface area contributed by atoms with Crippen molar-refractivity contribution in [2.24, 2.45) is 5.41 Å². The smallest absolute Gasteiger partial charge is 0.311 e. The van der Waals surface area contributed by atoms with Gasteiger partial charge < -0.3 is 10.4 Å². The van der Waals surface area contributed by atoms with Crippen LogP contribution in [0.25, 0.3) is 0 Å². The highest BCUT2D eigenvalue weighted by atomic mass is 32.2. The molecule has 0 aliphatic heterocycles. The number of carboxylic acids is 1. The number of carboxylic acid groups (broad SMARTS) is 1. The lowest BCUT2D eigenvalue weighted by atomic mass is 10.1. The number of aliphatic carboxylic acids is 1. The van der Waals surface area contributed by atoms with Gasteiger partial charge in [-0.1, -0.05) is 18.2 Å². The molecular formula is C14H15NO5S. The molecule has 0 spiro atoms. The Balaban J connectivity index is 1.95. The third-order valence-electron chi connectivity index (χ3n) is 3.38. The van der Waals surface area contributed by atoms with Gasteiger partial charge in [0.15, 0.2) is 9.84 Å². The molecule has 7 heteroatoms. The topological polar surface area (TPSA) is 101 Å². The molecule has 1 aromatic rings. The lowest BCUT2D eigenvalue weighted by Crippen LogP contribution is -2.33. The molecule has 21 heavy (non-hydrogen) atoms. The highest BCUT2D eigenvalue weighted by Crippen LogP contribution is 2.45. The summed E-state index contributed by atoms with van der Waals surface area (Å²) in [5.41, 5.74) is -0.873. The van der Waals surface area contributed by atoms with E-state index in [1.165, 1.54) is 12.1 Å². The Morgan fingerprint density at radius 1 is 1.24 bits per heavy atom. The largest absolute Gasteiger partial charge is 0.481 e. The molecule has 0 saturated heterocycles. The number of rotatable bonds is 6. The van der Waals surface area contributed by atoms with E-state index in [-0.39, 0.29) is 11.4 Å². The molecule has 1 amide bonds. The summed E-state index contributed by atoms with van der Waals surface area (Å²) >= 11 is 0. The van der Waals surface area contributed by atoms with Crippen molar-refractivity contribution < 1.29 is 23.1 Å². The fourth-order valence-electron chi connectivity index (χ4n) is 1.77. The van der Waals surface area contributed by atoms with Crippen LogP contribution in [0.4, 0.5) is 0 Å². The maximum absolute atomic E-state index is 11.9. The van der Waals surface area contributed by atoms with E-state index >= 15 is 0 Å². The predicted molar refractivity (Wildman–Crippen MR) is 75.1 cm³/mol. The van der Waals surface area contributed by atoms with E-state index in [0.717, 1.165) is 11.5 Å². The summed E-state index contributed by atoms with van der Waals surface area (Å²) in [4.78, 5) is 22.6. The first-order valence-electron chi connectivity index (χ1n) is 6.35. The third-order valence-corrected chi connectivity index (χ3v) is 4.80. The molecule has 0 heterocycles. The van der Waals surface area contributed by atoms with E-state index in [1.807, 2.05) is 0 Å². The average Bonchev–Trinajstić information content (AvgIpc) is 3.25. The zero-order valence-corrected chi connectivity index (χ0v) is 12.0. The first-order chi connectivity index (χ1) is 9.86. The van der Waals surface area contributed by atoms with Crippen molar-refractivity contribution >= 4 is 21.7 Å². The van der Waals surface area contributed by atoms with Crippen LogP contribution >= 0.6 is 0 Å². The summed E-state index contributed by atoms with van der Waals surface area (Å²) in [5.74, 6) is -1.56. The number of hydrogen-bond acceptors (Lipinski definition) is 4. The van der Waals surface area contributed by atoms with Crippen LogP contribution in [-0.2, 0) is 19.4 Å². The standard InChI is InChI=1S/C14H15NO5S/c16-12(15-10-14(7-8-14)13(17)18)6-9-21(19,20)11-4-2-1-3-5-11/h1-6,9H,7-8,10H2,(H,15,16)(H,17,18)/b9-6+. The fraction of sp³-hybridized carbons (Fsp3) is 0.286. The van der Waals surface area contributed by atoms with Crippen LogP contribution in [0.15, 0.2) is 46.7 Å². The summed E-state index contributed by atoms with van der Waals surface area (Å²) < 4.78 is 23.8. The van der Waals surface area contributed by atoms with E-state index in [0.29, 0.717) is 12.8 Å². The average molecular weight is 309 g/mol. The molecular weight excluding hydrogens is 294 g/mol. The van der Waals surface area contributed by atoms with Crippen molar-refractivity contribution in [1.82, 2.24) is 5.32 Å². The zero-order chi connectivity index (χ0) is 15.5. The minimum absolute atomic E-state index is 0.0108. The minimum atomic E-state index is -3.67. The van der Waals surface area contributed by atoms with Crippen LogP contribution in [0.3, 0.4) is 0 Å². The second-order valence-corrected chi connectivity index (χ2v) is 6.80. The number of hydrogen-bond donors (Lipinski definition) is 2. The molecule has 6 nitrogen and oxygen atoms in total. The molecule has 0 radical (unpaired) electrons. The Labute approximate surface area is 122 Å². The summed E-state index contributed by atoms with van der Waals surface area (Å²) in [7, 11) is -3.67. The predicted octanol–water partition coefficient (Wildman–Crippen LogP) is 0.955. The minimum Gasteiger partial charge on any atom is -0.481 e. The molecule has 0 atom stereocenters. The van der Waals surface area contributed by atoms with Crippen molar-refractivity contribution in [3.63, 3.8) is 0 Å². The van der Waals surface area contributed by atoms with Crippen LogP contribution in [0.1, 0.15) is 12.8 Å². The van der Waals surface area contributed by atoms with Crippen LogP contribution in [0.2, 0.25) is 0 Å². The lowest BCUT2D eigenvalue weighted by Gasteiger charge is -2.09. The Hall–Kier alpha value is -2.15. The van der Waals surface area contributed by atoms with Gasteiger partial charge in [0.25, 0.3) is 0 Å². The molecule has 0 aromatic heterocycles. The number of amides is 1. The van der Waals surface area contributed by atoms with Gasteiger partial charge in [-0.3, -0.25) is 9.59 Å². The molecule has 2 N–H and O–H groups in total. The van der Waals surface area contributed by atoms with Crippen LogP contribution in [0, 0.1) is 5.41 Å². The molecule has 1 aliphatic rings. The van der Waals surface area contributed by atoms with E-state index in [1.54, 1.807) is 18.2 Å². The van der Waals surface area contributed by atoms with Gasteiger partial charge in [-0.15, -0.1) is 0 Å². The highest BCUT2D eigenvalue weighted by molar-refractivity contribution is 7.94. The van der Waals surface area contributed by atoms with Gasteiger partial charge in [-0.05, 0) is 25.0 Å². The Morgan fingerprint density at radius 3 is 2.38 bits per heavy atom. The van der Waals surface area contributed by atoms with Gasteiger partial charge in [0.05, 0.1) is 10.3 Å². The summed E-state index contributed by atoms with van der Waals surface area (Å²) in [5, 5.41) is 12.2. The number of sulfone groups is 1. The second-order valence-electron chi connectivity index (χ2n) is 4.96. The van der Waals surface area contributed by atoms with Gasteiger partial charge in [-0.25, -0.2) is 8.42 Å². The maximum Gasteiger partial charge on any atom is 0.311 e. The first-order valence-corrected chi connectivity index (χ1v) is 7.90. The Morgan fingerprint density at radius 2 is 1.86 bits per heavy atom. The van der Waals surface area contributed by atoms with E-state index in [2.05, 4.69) is 5.32 Å². The van der Waals surface area contributed by atoms with Gasteiger partial charge in [-0.2, -0.15) is 0 Å². The zero-order valence-electron chi connectivity index (χ0n) is 11.2. The SMILES string of the molecule is O=C(/C=C/S(=O)(=O)c1ccccc1)NCC1(C(=O)O)CC1. The number of nitrogens with one attached hydrogen (secondary N) is 1. The molecule has 1 fully saturated rings. The number of carbonyl (C=O) groups excluding carboxylic acids is 1. The van der Waals surface area contributed by atoms with E-state index < -0.39 is 27.1 Å². The highest BCUT2D eigenvalue weighted by Gasteiger charge is 2.50. The molecule has 1 saturated carbocycles. The van der Waals surface area contributed by atoms with Crippen molar-refractivity contribution in [1.29, 1.82) is 0 Å². The number of carbonyl (C=O) groups is 2. The van der Waals surface area contributed by atoms with Gasteiger partial charge in [0, 0.05) is 18.0 Å². The monoisotopic (exact) mass is 309 g/mol. The molecule has 0 unspecified atom stereocenters. The Bertz CT molecular complexity index is 675. The summed E-state index contributed by atoms with van der Waals surface area (Å²) in [6.07, 6.45) is 1.95. The lowest BCUT2D eigenvalue weighted by molar-refractivity contribution is -0.143. The van der Waals surface area contributed by atoms with Crippen molar-refractivity contribution in [3.8, 4) is 0 Å². The van der Waals surface area contributed by atoms with Crippen LogP contribution in [-0.4, -0.2) is 31.9 Å². The molecule has 2 rings (SSSR count). The molecule has 112 valence electrons. The first kappa shape index (κ1) is 15.2. The summed E-state index contributed by atoms with van der Waals surface area (Å²) in [6, 6.07) is 7.73. The van der Waals surface area contributed by atoms with Crippen molar-refractivity contribution in [2.45, 2.75) is 17.7 Å². The van der Waals surface area contributed by atoms with Crippen LogP contribution in [0.5, 0.6) is 0 Å². The molecule has 1 aliphatic carbocycles. The number of benzene rings is 1. The molecule has 1 aromatic carbocycles. The normalized spacial score (nSPS) is 16.6. The quantitative estimate of drug-likeness (QED) is 0.762. The van der Waals surface area contributed by atoms with E-state index in [9.17, 15) is 18.0 Å². The van der Waals surface area contributed by atoms with Gasteiger partial charge in [0.1, 0.15) is 0 Å². The van der Waals surface area contributed by atoms with Crippen LogP contribution < -0.4 is 5.32 Å². The van der Waals surface area contributed by atoms with E-state index in [4.69, 9.17) is 5.11 Å². The maximum atomic E-state index is 11.9. The van der Waals surface area contributed by atoms with Gasteiger partial charge in [0.2, 0.25) is 5.91 Å². The Kier molecular flexibility index (Phi) is 4.13.